The number of hydrogen-bond donors (Lipinski definition) is 1. The number of nitrogens with one attached hydrogen (secondary N) is 1. The first-order valence-corrected chi connectivity index (χ1v) is 5.19. The van der Waals surface area contributed by atoms with Gasteiger partial charge in [0.1, 0.15) is 0 Å². The predicted molar refractivity (Wildman–Crippen MR) is 54.8 cm³/mol. The minimum atomic E-state index is 0.176. The zero-order chi connectivity index (χ0) is 9.97. The monoisotopic (exact) mass is 195 g/mol. The van der Waals surface area contributed by atoms with E-state index in [0.717, 1.165) is 44.8 Å². The number of carbonyl (C=O) groups excluding carboxylic acids is 1. The van der Waals surface area contributed by atoms with Gasteiger partial charge in [0.2, 0.25) is 0 Å². The first kappa shape index (κ1) is 9.52. The van der Waals surface area contributed by atoms with Gasteiger partial charge in [0, 0.05) is 32.7 Å². The molecule has 0 aliphatic carbocycles. The topological polar surface area (TPSA) is 35.6 Å². The van der Waals surface area contributed by atoms with Crippen LogP contribution in [-0.4, -0.2) is 55.5 Å². The molecule has 14 heavy (non-hydrogen) atoms. The highest BCUT2D eigenvalue weighted by Crippen LogP contribution is 2.08. The minimum absolute atomic E-state index is 0.176. The molecule has 0 saturated carbocycles. The average molecular weight is 195 g/mol. The van der Waals surface area contributed by atoms with Crippen molar-refractivity contribution in [2.45, 2.75) is 6.42 Å². The summed E-state index contributed by atoms with van der Waals surface area (Å²) < 4.78 is 0. The lowest BCUT2D eigenvalue weighted by Gasteiger charge is -2.32. The van der Waals surface area contributed by atoms with Gasteiger partial charge < -0.3 is 15.1 Å². The summed E-state index contributed by atoms with van der Waals surface area (Å²) >= 11 is 0. The van der Waals surface area contributed by atoms with Crippen LogP contribution in [0.1, 0.15) is 6.42 Å². The summed E-state index contributed by atoms with van der Waals surface area (Å²) in [4.78, 5) is 16.1. The van der Waals surface area contributed by atoms with Crippen molar-refractivity contribution in [3.05, 3.63) is 11.8 Å². The second kappa shape index (κ2) is 4.00. The van der Waals surface area contributed by atoms with E-state index in [-0.39, 0.29) is 5.91 Å². The van der Waals surface area contributed by atoms with Crippen LogP contribution in [0, 0.1) is 0 Å². The Labute approximate surface area is 84.6 Å². The van der Waals surface area contributed by atoms with Gasteiger partial charge in [-0.3, -0.25) is 4.79 Å². The van der Waals surface area contributed by atoms with Crippen LogP contribution in [-0.2, 0) is 4.79 Å². The van der Waals surface area contributed by atoms with Crippen molar-refractivity contribution < 1.29 is 4.79 Å². The molecule has 0 atom stereocenters. The molecule has 0 bridgehead atoms. The fraction of sp³-hybridized carbons (Fsp3) is 0.700. The van der Waals surface area contributed by atoms with Crippen molar-refractivity contribution in [2.75, 3.05) is 39.8 Å². The standard InChI is InChI=1S/C10H17N3O/c1-12-5-7-13(8-6-12)10(14)9-3-2-4-11-9/h3,11H,2,4-8H2,1H3. The molecule has 4 heteroatoms. The molecule has 1 N–H and O–H groups in total. The third-order valence-electron chi connectivity index (χ3n) is 2.83. The van der Waals surface area contributed by atoms with Crippen LogP contribution >= 0.6 is 0 Å². The van der Waals surface area contributed by atoms with E-state index in [1.807, 2.05) is 11.0 Å². The lowest BCUT2D eigenvalue weighted by molar-refractivity contribution is -0.129. The molecule has 0 aromatic heterocycles. The van der Waals surface area contributed by atoms with E-state index in [0.29, 0.717) is 0 Å². The number of carbonyl (C=O) groups is 1. The Balaban J connectivity index is 1.91. The van der Waals surface area contributed by atoms with E-state index >= 15 is 0 Å². The smallest absolute Gasteiger partial charge is 0.269 e. The van der Waals surface area contributed by atoms with E-state index < -0.39 is 0 Å². The molecule has 0 aromatic rings. The van der Waals surface area contributed by atoms with Gasteiger partial charge in [-0.15, -0.1) is 0 Å². The summed E-state index contributed by atoms with van der Waals surface area (Å²) in [5, 5.41) is 3.12. The van der Waals surface area contributed by atoms with E-state index in [1.165, 1.54) is 0 Å². The lowest BCUT2D eigenvalue weighted by Crippen LogP contribution is -2.48. The van der Waals surface area contributed by atoms with Crippen LogP contribution in [0.3, 0.4) is 0 Å². The Morgan fingerprint density at radius 3 is 2.64 bits per heavy atom. The summed E-state index contributed by atoms with van der Waals surface area (Å²) in [6, 6.07) is 0. The molecule has 2 aliphatic rings. The van der Waals surface area contributed by atoms with Crippen LogP contribution in [0.4, 0.5) is 0 Å². The predicted octanol–water partition coefficient (Wildman–Crippen LogP) is -0.362. The van der Waals surface area contributed by atoms with Gasteiger partial charge in [-0.05, 0) is 13.5 Å². The van der Waals surface area contributed by atoms with Crippen LogP contribution in [0.2, 0.25) is 0 Å². The number of likely N-dealkylation sites (N-methyl/N-ethyl adjacent to an activating group) is 1. The number of nitrogens with zero attached hydrogens (tertiary/aromatic N) is 2. The first-order chi connectivity index (χ1) is 6.77. The molecule has 2 rings (SSSR count). The molecule has 2 aliphatic heterocycles. The maximum atomic E-state index is 11.9. The second-order valence-electron chi connectivity index (χ2n) is 3.93. The number of rotatable bonds is 1. The zero-order valence-corrected chi connectivity index (χ0v) is 8.62. The van der Waals surface area contributed by atoms with Gasteiger partial charge in [-0.25, -0.2) is 0 Å². The summed E-state index contributed by atoms with van der Waals surface area (Å²) in [7, 11) is 2.09. The van der Waals surface area contributed by atoms with E-state index in [2.05, 4.69) is 17.3 Å². The molecule has 4 nitrogen and oxygen atoms in total. The largest absolute Gasteiger partial charge is 0.381 e. The van der Waals surface area contributed by atoms with Gasteiger partial charge >= 0.3 is 0 Å². The molecule has 0 unspecified atom stereocenters. The Hall–Kier alpha value is -1.03. The van der Waals surface area contributed by atoms with Crippen molar-refractivity contribution in [3.8, 4) is 0 Å². The highest BCUT2D eigenvalue weighted by Gasteiger charge is 2.22. The second-order valence-corrected chi connectivity index (χ2v) is 3.93. The maximum absolute atomic E-state index is 11.9. The van der Waals surface area contributed by atoms with E-state index in [1.54, 1.807) is 0 Å². The molecule has 2 heterocycles. The van der Waals surface area contributed by atoms with E-state index in [9.17, 15) is 4.79 Å². The molecule has 1 fully saturated rings. The SMILES string of the molecule is CN1CCN(C(=O)C2=CCCN2)CC1. The fourth-order valence-corrected chi connectivity index (χ4v) is 1.84. The number of piperazine rings is 1. The van der Waals surface area contributed by atoms with Gasteiger partial charge in [0.15, 0.2) is 0 Å². The van der Waals surface area contributed by atoms with Gasteiger partial charge in [0.05, 0.1) is 5.70 Å². The van der Waals surface area contributed by atoms with Crippen LogP contribution < -0.4 is 5.32 Å². The average Bonchev–Trinajstić information content (AvgIpc) is 2.71. The first-order valence-electron chi connectivity index (χ1n) is 5.19. The maximum Gasteiger partial charge on any atom is 0.269 e. The molecule has 0 radical (unpaired) electrons. The molecule has 1 amide bonds. The molecule has 78 valence electrons. The molecule has 0 aromatic carbocycles. The molecular formula is C10H17N3O. The fourth-order valence-electron chi connectivity index (χ4n) is 1.84. The summed E-state index contributed by atoms with van der Waals surface area (Å²) in [5.41, 5.74) is 0.801. The minimum Gasteiger partial charge on any atom is -0.381 e. The van der Waals surface area contributed by atoms with Crippen molar-refractivity contribution >= 4 is 5.91 Å². The summed E-state index contributed by atoms with van der Waals surface area (Å²) in [5.74, 6) is 0.176. The molecular weight excluding hydrogens is 178 g/mol. The van der Waals surface area contributed by atoms with Crippen molar-refractivity contribution in [3.63, 3.8) is 0 Å². The van der Waals surface area contributed by atoms with Gasteiger partial charge in [-0.2, -0.15) is 0 Å². The Bertz CT molecular complexity index is 254. The van der Waals surface area contributed by atoms with Crippen molar-refractivity contribution in [1.82, 2.24) is 15.1 Å². The highest BCUT2D eigenvalue weighted by atomic mass is 16.2. The van der Waals surface area contributed by atoms with Crippen LogP contribution in [0.15, 0.2) is 11.8 Å². The Morgan fingerprint density at radius 2 is 2.07 bits per heavy atom. The third kappa shape index (κ3) is 1.90. The van der Waals surface area contributed by atoms with Crippen LogP contribution in [0.25, 0.3) is 0 Å². The van der Waals surface area contributed by atoms with Gasteiger partial charge in [-0.1, -0.05) is 6.08 Å². The molecule has 0 spiro atoms. The summed E-state index contributed by atoms with van der Waals surface area (Å²) in [6.45, 7) is 4.59. The van der Waals surface area contributed by atoms with Crippen molar-refractivity contribution in [1.29, 1.82) is 0 Å². The molecule has 1 saturated heterocycles. The lowest BCUT2D eigenvalue weighted by atomic mass is 10.3. The number of amides is 1. The summed E-state index contributed by atoms with van der Waals surface area (Å²) in [6.07, 6.45) is 2.98. The third-order valence-corrected chi connectivity index (χ3v) is 2.83. The quantitative estimate of drug-likeness (QED) is 0.620. The van der Waals surface area contributed by atoms with Crippen molar-refractivity contribution in [2.24, 2.45) is 0 Å². The normalized spacial score (nSPS) is 23.2. The van der Waals surface area contributed by atoms with Crippen LogP contribution in [0.5, 0.6) is 0 Å². The zero-order valence-electron chi connectivity index (χ0n) is 8.62. The number of hydrogen-bond acceptors (Lipinski definition) is 3. The van der Waals surface area contributed by atoms with Gasteiger partial charge in [0.25, 0.3) is 5.91 Å². The highest BCUT2D eigenvalue weighted by molar-refractivity contribution is 5.93. The van der Waals surface area contributed by atoms with E-state index in [4.69, 9.17) is 0 Å². The Kier molecular flexibility index (Phi) is 2.72. The Morgan fingerprint density at radius 1 is 1.36 bits per heavy atom.